The van der Waals surface area contributed by atoms with Crippen LogP contribution in [-0.4, -0.2) is 24.2 Å². The second-order valence-electron chi connectivity index (χ2n) is 5.83. The van der Waals surface area contributed by atoms with Crippen LogP contribution >= 0.6 is 0 Å². The van der Waals surface area contributed by atoms with Crippen molar-refractivity contribution in [1.82, 2.24) is 5.32 Å². The lowest BCUT2D eigenvalue weighted by Crippen LogP contribution is -2.47. The molecule has 0 aromatic carbocycles. The molecule has 1 unspecified atom stereocenters. The Morgan fingerprint density at radius 2 is 2.00 bits per heavy atom. The van der Waals surface area contributed by atoms with Gasteiger partial charge < -0.3 is 10.1 Å². The summed E-state index contributed by atoms with van der Waals surface area (Å²) in [7, 11) is 0. The summed E-state index contributed by atoms with van der Waals surface area (Å²) in [6, 6.07) is 2.35. The Balaban J connectivity index is 1.79. The predicted molar refractivity (Wildman–Crippen MR) is 72.4 cm³/mol. The minimum absolute atomic E-state index is 0.0129. The van der Waals surface area contributed by atoms with E-state index in [1.165, 1.54) is 12.8 Å². The summed E-state index contributed by atoms with van der Waals surface area (Å²) in [6.07, 6.45) is 9.72. The molecule has 2 aliphatic rings. The number of nitrogens with zero attached hydrogens (tertiary/aromatic N) is 1. The molecule has 0 bridgehead atoms. The molecule has 1 aliphatic carbocycles. The average molecular weight is 264 g/mol. The van der Waals surface area contributed by atoms with E-state index < -0.39 is 5.54 Å². The van der Waals surface area contributed by atoms with Crippen molar-refractivity contribution in [3.05, 3.63) is 0 Å². The minimum atomic E-state index is -0.607. The van der Waals surface area contributed by atoms with Gasteiger partial charge in [0.2, 0.25) is 5.91 Å². The summed E-state index contributed by atoms with van der Waals surface area (Å²) in [5.74, 6) is 0.0129. The number of nitrogens with one attached hydrogen (secondary N) is 1. The molecule has 1 N–H and O–H groups in total. The van der Waals surface area contributed by atoms with Crippen LogP contribution in [0, 0.1) is 11.3 Å². The van der Waals surface area contributed by atoms with E-state index >= 15 is 0 Å². The summed E-state index contributed by atoms with van der Waals surface area (Å²) in [5.41, 5.74) is -0.607. The molecular formula is C15H24N2O2. The molecule has 1 atom stereocenters. The standard InChI is InChI=1S/C15H24N2O2/c16-12-15(9-3-1-2-4-10-15)17-14(18)8-7-13-6-5-11-19-13/h13H,1-11H2,(H,17,18). The maximum Gasteiger partial charge on any atom is 0.221 e. The zero-order valence-corrected chi connectivity index (χ0v) is 11.6. The molecule has 1 aliphatic heterocycles. The normalized spacial score (nSPS) is 26.4. The van der Waals surface area contributed by atoms with Gasteiger partial charge in [-0.05, 0) is 32.1 Å². The van der Waals surface area contributed by atoms with Gasteiger partial charge in [-0.1, -0.05) is 25.7 Å². The van der Waals surface area contributed by atoms with Crippen LogP contribution < -0.4 is 5.32 Å². The molecule has 19 heavy (non-hydrogen) atoms. The fraction of sp³-hybridized carbons (Fsp3) is 0.867. The number of ether oxygens (including phenoxy) is 1. The van der Waals surface area contributed by atoms with Crippen molar-refractivity contribution in [3.63, 3.8) is 0 Å². The van der Waals surface area contributed by atoms with Crippen molar-refractivity contribution in [3.8, 4) is 6.07 Å². The Labute approximate surface area is 115 Å². The highest BCUT2D eigenvalue weighted by atomic mass is 16.5. The average Bonchev–Trinajstić information content (AvgIpc) is 2.83. The summed E-state index contributed by atoms with van der Waals surface area (Å²) in [5, 5.41) is 12.4. The topological polar surface area (TPSA) is 62.1 Å². The van der Waals surface area contributed by atoms with E-state index in [1.807, 2.05) is 0 Å². The van der Waals surface area contributed by atoms with Gasteiger partial charge in [0.05, 0.1) is 12.2 Å². The molecule has 1 heterocycles. The predicted octanol–water partition coefficient (Wildman–Crippen LogP) is 2.68. The molecule has 2 fully saturated rings. The minimum Gasteiger partial charge on any atom is -0.378 e. The van der Waals surface area contributed by atoms with Gasteiger partial charge in [0.15, 0.2) is 0 Å². The Kier molecular flexibility index (Phi) is 5.21. The van der Waals surface area contributed by atoms with Gasteiger partial charge in [-0.2, -0.15) is 5.26 Å². The van der Waals surface area contributed by atoms with E-state index in [1.54, 1.807) is 0 Å². The first-order valence-electron chi connectivity index (χ1n) is 7.58. The third-order valence-electron chi connectivity index (χ3n) is 4.27. The summed E-state index contributed by atoms with van der Waals surface area (Å²) in [4.78, 5) is 12.0. The molecule has 1 amide bonds. The fourth-order valence-electron chi connectivity index (χ4n) is 3.09. The van der Waals surface area contributed by atoms with Gasteiger partial charge in [0, 0.05) is 13.0 Å². The molecule has 1 saturated carbocycles. The maximum absolute atomic E-state index is 12.0. The van der Waals surface area contributed by atoms with Crippen LogP contribution in [0.2, 0.25) is 0 Å². The van der Waals surface area contributed by atoms with Gasteiger partial charge in [-0.3, -0.25) is 4.79 Å². The van der Waals surface area contributed by atoms with Crippen LogP contribution in [0.5, 0.6) is 0 Å². The zero-order valence-electron chi connectivity index (χ0n) is 11.6. The molecule has 0 aromatic heterocycles. The molecule has 0 aromatic rings. The Morgan fingerprint density at radius 1 is 1.26 bits per heavy atom. The monoisotopic (exact) mass is 264 g/mol. The van der Waals surface area contributed by atoms with Crippen molar-refractivity contribution in [2.75, 3.05) is 6.61 Å². The first kappa shape index (κ1) is 14.3. The van der Waals surface area contributed by atoms with Crippen molar-refractivity contribution >= 4 is 5.91 Å². The lowest BCUT2D eigenvalue weighted by Gasteiger charge is -2.26. The Morgan fingerprint density at radius 3 is 2.58 bits per heavy atom. The first-order chi connectivity index (χ1) is 9.24. The number of nitriles is 1. The highest BCUT2D eigenvalue weighted by molar-refractivity contribution is 5.77. The third kappa shape index (κ3) is 4.21. The van der Waals surface area contributed by atoms with E-state index in [2.05, 4.69) is 11.4 Å². The van der Waals surface area contributed by atoms with Gasteiger partial charge in [-0.15, -0.1) is 0 Å². The van der Waals surface area contributed by atoms with Gasteiger partial charge in [0.25, 0.3) is 0 Å². The van der Waals surface area contributed by atoms with Crippen molar-refractivity contribution in [2.24, 2.45) is 0 Å². The van der Waals surface area contributed by atoms with Crippen LogP contribution in [0.4, 0.5) is 0 Å². The lowest BCUT2D eigenvalue weighted by molar-refractivity contribution is -0.123. The second kappa shape index (κ2) is 6.91. The molecule has 1 saturated heterocycles. The zero-order chi connectivity index (χ0) is 13.6. The number of hydrogen-bond acceptors (Lipinski definition) is 3. The highest BCUT2D eigenvalue weighted by Gasteiger charge is 2.32. The van der Waals surface area contributed by atoms with Crippen LogP contribution in [0.25, 0.3) is 0 Å². The number of carbonyl (C=O) groups excluding carboxylic acids is 1. The van der Waals surface area contributed by atoms with Crippen LogP contribution in [0.15, 0.2) is 0 Å². The van der Waals surface area contributed by atoms with E-state index in [4.69, 9.17) is 4.74 Å². The van der Waals surface area contributed by atoms with E-state index in [0.717, 1.165) is 51.6 Å². The van der Waals surface area contributed by atoms with E-state index in [0.29, 0.717) is 6.42 Å². The summed E-state index contributed by atoms with van der Waals surface area (Å²) >= 11 is 0. The number of amides is 1. The molecule has 4 nitrogen and oxygen atoms in total. The van der Waals surface area contributed by atoms with Crippen LogP contribution in [0.1, 0.15) is 64.2 Å². The SMILES string of the molecule is N#CC1(NC(=O)CCC2CCCO2)CCCCCC1. The van der Waals surface area contributed by atoms with Gasteiger partial charge in [-0.25, -0.2) is 0 Å². The quantitative estimate of drug-likeness (QED) is 0.794. The largest absolute Gasteiger partial charge is 0.378 e. The second-order valence-corrected chi connectivity index (χ2v) is 5.83. The third-order valence-corrected chi connectivity index (χ3v) is 4.27. The van der Waals surface area contributed by atoms with E-state index in [-0.39, 0.29) is 12.0 Å². The number of carbonyl (C=O) groups is 1. The van der Waals surface area contributed by atoms with Crippen molar-refractivity contribution in [1.29, 1.82) is 5.26 Å². The molecule has 106 valence electrons. The van der Waals surface area contributed by atoms with Gasteiger partial charge in [0.1, 0.15) is 5.54 Å². The summed E-state index contributed by atoms with van der Waals surface area (Å²) < 4.78 is 5.52. The lowest BCUT2D eigenvalue weighted by atomic mass is 9.91. The summed E-state index contributed by atoms with van der Waals surface area (Å²) in [6.45, 7) is 0.828. The highest BCUT2D eigenvalue weighted by Crippen LogP contribution is 2.27. The Bertz CT molecular complexity index is 335. The maximum atomic E-state index is 12.0. The smallest absolute Gasteiger partial charge is 0.221 e. The van der Waals surface area contributed by atoms with Crippen LogP contribution in [0.3, 0.4) is 0 Å². The Hall–Kier alpha value is -1.08. The molecule has 0 spiro atoms. The van der Waals surface area contributed by atoms with Gasteiger partial charge >= 0.3 is 0 Å². The first-order valence-corrected chi connectivity index (χ1v) is 7.58. The fourth-order valence-corrected chi connectivity index (χ4v) is 3.09. The number of rotatable bonds is 4. The molecule has 2 rings (SSSR count). The van der Waals surface area contributed by atoms with Crippen molar-refractivity contribution < 1.29 is 9.53 Å². The molecule has 0 radical (unpaired) electrons. The number of hydrogen-bond donors (Lipinski definition) is 1. The van der Waals surface area contributed by atoms with Crippen LogP contribution in [-0.2, 0) is 9.53 Å². The molecular weight excluding hydrogens is 240 g/mol. The van der Waals surface area contributed by atoms with Crippen molar-refractivity contribution in [2.45, 2.75) is 75.9 Å². The molecule has 4 heteroatoms. The van der Waals surface area contributed by atoms with E-state index in [9.17, 15) is 10.1 Å².